The number of carbonyl (C=O) groups excluding carboxylic acids is 1. The molecule has 2 aromatic rings. The first kappa shape index (κ1) is 18.9. The Morgan fingerprint density at radius 1 is 1.31 bits per heavy atom. The van der Waals surface area contributed by atoms with Gasteiger partial charge in [-0.25, -0.2) is 4.68 Å². The molecule has 1 fully saturated rings. The fraction of sp³-hybridized carbons (Fsp3) is 0.500. The quantitative estimate of drug-likeness (QED) is 0.896. The van der Waals surface area contributed by atoms with Crippen molar-refractivity contribution in [2.75, 3.05) is 13.1 Å². The fourth-order valence-corrected chi connectivity index (χ4v) is 3.74. The van der Waals surface area contributed by atoms with Crippen molar-refractivity contribution >= 4 is 17.5 Å². The number of piperidine rings is 1. The highest BCUT2D eigenvalue weighted by atomic mass is 35.5. The summed E-state index contributed by atoms with van der Waals surface area (Å²) in [4.78, 5) is 14.8. The topological polar surface area (TPSA) is 64.2 Å². The summed E-state index contributed by atoms with van der Waals surface area (Å²) < 4.78 is 1.88. The second-order valence-electron chi connectivity index (χ2n) is 7.91. The van der Waals surface area contributed by atoms with Gasteiger partial charge in [-0.05, 0) is 49.9 Å². The molecule has 140 valence electrons. The molecule has 1 aliphatic rings. The van der Waals surface area contributed by atoms with E-state index < -0.39 is 0 Å². The van der Waals surface area contributed by atoms with Crippen LogP contribution in [0.25, 0.3) is 5.69 Å². The van der Waals surface area contributed by atoms with Gasteiger partial charge in [0.25, 0.3) is 0 Å². The second-order valence-corrected chi connectivity index (χ2v) is 8.35. The lowest BCUT2D eigenvalue weighted by Gasteiger charge is -2.42. The van der Waals surface area contributed by atoms with E-state index in [9.17, 15) is 4.79 Å². The van der Waals surface area contributed by atoms with Gasteiger partial charge in [0.2, 0.25) is 5.91 Å². The van der Waals surface area contributed by atoms with Gasteiger partial charge in [0.1, 0.15) is 0 Å². The van der Waals surface area contributed by atoms with E-state index in [1.165, 1.54) is 0 Å². The molecule has 1 atom stereocenters. The highest BCUT2D eigenvalue weighted by molar-refractivity contribution is 6.30. The largest absolute Gasteiger partial charge is 0.342 e. The molecule has 1 amide bonds. The first-order valence-electron chi connectivity index (χ1n) is 9.03. The Hall–Kier alpha value is -1.85. The number of hydrogen-bond acceptors (Lipinski definition) is 3. The van der Waals surface area contributed by atoms with Crippen LogP contribution in [-0.4, -0.2) is 39.7 Å². The van der Waals surface area contributed by atoms with E-state index >= 15 is 0 Å². The van der Waals surface area contributed by atoms with Crippen LogP contribution in [0.2, 0.25) is 5.02 Å². The zero-order valence-electron chi connectivity index (χ0n) is 15.9. The van der Waals surface area contributed by atoms with Crippen molar-refractivity contribution in [3.05, 3.63) is 46.2 Å². The lowest BCUT2D eigenvalue weighted by Crippen LogP contribution is -2.54. The highest BCUT2D eigenvalue weighted by Gasteiger charge is 2.35. The Labute approximate surface area is 160 Å². The number of aryl methyl sites for hydroxylation is 1. The smallest absolute Gasteiger partial charge is 0.227 e. The number of carbonyl (C=O) groups is 1. The number of hydrogen-bond donors (Lipinski definition) is 1. The van der Waals surface area contributed by atoms with Gasteiger partial charge in [0.05, 0.1) is 17.8 Å². The van der Waals surface area contributed by atoms with Crippen molar-refractivity contribution in [1.82, 2.24) is 14.7 Å². The van der Waals surface area contributed by atoms with Crippen molar-refractivity contribution in [2.24, 2.45) is 11.1 Å². The van der Waals surface area contributed by atoms with Crippen molar-refractivity contribution in [2.45, 2.75) is 46.6 Å². The van der Waals surface area contributed by atoms with Crippen LogP contribution < -0.4 is 5.73 Å². The number of benzene rings is 1. The number of rotatable bonds is 3. The molecular formula is C20H27ClN4O. The number of halogens is 1. The lowest BCUT2D eigenvalue weighted by molar-refractivity contribution is -0.133. The maximum absolute atomic E-state index is 12.9. The summed E-state index contributed by atoms with van der Waals surface area (Å²) in [5, 5.41) is 5.32. The third-order valence-electron chi connectivity index (χ3n) is 5.51. The van der Waals surface area contributed by atoms with Crippen molar-refractivity contribution in [1.29, 1.82) is 0 Å². The Bertz CT molecular complexity index is 810. The Kier molecular flexibility index (Phi) is 5.13. The molecule has 1 aliphatic heterocycles. The first-order chi connectivity index (χ1) is 12.2. The van der Waals surface area contributed by atoms with Gasteiger partial charge >= 0.3 is 0 Å². The average Bonchev–Trinajstić information content (AvgIpc) is 2.86. The lowest BCUT2D eigenvalue weighted by atomic mass is 9.79. The molecule has 0 spiro atoms. The monoisotopic (exact) mass is 374 g/mol. The molecule has 5 nitrogen and oxygen atoms in total. The van der Waals surface area contributed by atoms with Crippen LogP contribution in [0.5, 0.6) is 0 Å². The molecule has 3 rings (SSSR count). The van der Waals surface area contributed by atoms with Gasteiger partial charge in [-0.1, -0.05) is 25.4 Å². The summed E-state index contributed by atoms with van der Waals surface area (Å²) >= 11 is 5.97. The van der Waals surface area contributed by atoms with Crippen LogP contribution in [-0.2, 0) is 11.2 Å². The van der Waals surface area contributed by atoms with E-state index in [0.717, 1.165) is 35.6 Å². The maximum atomic E-state index is 12.9. The van der Waals surface area contributed by atoms with Gasteiger partial charge in [0.15, 0.2) is 0 Å². The second kappa shape index (κ2) is 7.05. The van der Waals surface area contributed by atoms with Gasteiger partial charge in [-0.15, -0.1) is 0 Å². The van der Waals surface area contributed by atoms with Crippen LogP contribution in [0.15, 0.2) is 24.3 Å². The maximum Gasteiger partial charge on any atom is 0.227 e. The minimum absolute atomic E-state index is 0.0501. The predicted molar refractivity (Wildman–Crippen MR) is 105 cm³/mol. The summed E-state index contributed by atoms with van der Waals surface area (Å²) in [7, 11) is 0. The third-order valence-corrected chi connectivity index (χ3v) is 5.76. The van der Waals surface area contributed by atoms with E-state index in [1.54, 1.807) is 0 Å². The minimum Gasteiger partial charge on any atom is -0.342 e. The Morgan fingerprint density at radius 2 is 1.96 bits per heavy atom. The molecule has 2 N–H and O–H groups in total. The molecule has 0 aliphatic carbocycles. The predicted octanol–water partition coefficient (Wildman–Crippen LogP) is 3.27. The Balaban J connectivity index is 1.80. The molecule has 6 heteroatoms. The van der Waals surface area contributed by atoms with Gasteiger partial charge in [-0.3, -0.25) is 4.79 Å². The zero-order chi connectivity index (χ0) is 19.1. The SMILES string of the molecule is Cc1nn(-c2ccc(Cl)cc2)c(C)c1CC(=O)N1CCC(N)C(C)(C)C1. The zero-order valence-corrected chi connectivity index (χ0v) is 16.7. The van der Waals surface area contributed by atoms with Crippen LogP contribution in [0.4, 0.5) is 0 Å². The summed E-state index contributed by atoms with van der Waals surface area (Å²) in [5.74, 6) is 0.145. The van der Waals surface area contributed by atoms with E-state index in [2.05, 4.69) is 18.9 Å². The molecule has 1 aromatic carbocycles. The van der Waals surface area contributed by atoms with Gasteiger partial charge < -0.3 is 10.6 Å². The van der Waals surface area contributed by atoms with E-state index in [1.807, 2.05) is 47.7 Å². The van der Waals surface area contributed by atoms with Crippen LogP contribution in [0.1, 0.15) is 37.2 Å². The van der Waals surface area contributed by atoms with Crippen LogP contribution in [0, 0.1) is 19.3 Å². The van der Waals surface area contributed by atoms with Crippen LogP contribution >= 0.6 is 11.6 Å². The van der Waals surface area contributed by atoms with Crippen molar-refractivity contribution in [3.63, 3.8) is 0 Å². The van der Waals surface area contributed by atoms with E-state index in [0.29, 0.717) is 18.0 Å². The molecule has 2 heterocycles. The number of amides is 1. The molecule has 1 aromatic heterocycles. The minimum atomic E-state index is -0.0501. The average molecular weight is 375 g/mol. The molecule has 0 bridgehead atoms. The number of nitrogens with zero attached hydrogens (tertiary/aromatic N) is 3. The van der Waals surface area contributed by atoms with Crippen LogP contribution in [0.3, 0.4) is 0 Å². The first-order valence-corrected chi connectivity index (χ1v) is 9.41. The third kappa shape index (κ3) is 3.64. The highest BCUT2D eigenvalue weighted by Crippen LogP contribution is 2.28. The van der Waals surface area contributed by atoms with Gasteiger partial charge in [0, 0.05) is 35.4 Å². The summed E-state index contributed by atoms with van der Waals surface area (Å²) in [5.41, 5.74) is 9.96. The Morgan fingerprint density at radius 3 is 2.58 bits per heavy atom. The molecule has 0 saturated carbocycles. The number of aromatic nitrogens is 2. The molecule has 26 heavy (non-hydrogen) atoms. The summed E-state index contributed by atoms with van der Waals surface area (Å²) in [6.07, 6.45) is 1.22. The van der Waals surface area contributed by atoms with Crippen molar-refractivity contribution < 1.29 is 4.79 Å². The molecular weight excluding hydrogens is 348 g/mol. The standard InChI is InChI=1S/C20H27ClN4O/c1-13-17(11-19(26)24-10-9-18(22)20(3,4)12-24)14(2)25(23-13)16-7-5-15(21)6-8-16/h5-8,18H,9-12,22H2,1-4H3. The molecule has 1 unspecified atom stereocenters. The van der Waals surface area contributed by atoms with Crippen molar-refractivity contribution in [3.8, 4) is 5.69 Å². The molecule has 0 radical (unpaired) electrons. The van der Waals surface area contributed by atoms with E-state index in [-0.39, 0.29) is 17.4 Å². The van der Waals surface area contributed by atoms with Gasteiger partial charge in [-0.2, -0.15) is 5.10 Å². The fourth-order valence-electron chi connectivity index (χ4n) is 3.61. The number of nitrogens with two attached hydrogens (primary N) is 1. The molecule has 1 saturated heterocycles. The number of likely N-dealkylation sites (tertiary alicyclic amines) is 1. The van der Waals surface area contributed by atoms with E-state index in [4.69, 9.17) is 17.3 Å². The summed E-state index contributed by atoms with van der Waals surface area (Å²) in [6.45, 7) is 9.66. The normalized spacial score (nSPS) is 19.6. The summed E-state index contributed by atoms with van der Waals surface area (Å²) in [6, 6.07) is 7.70.